The number of halogens is 1. The summed E-state index contributed by atoms with van der Waals surface area (Å²) in [7, 11) is 0. The Hall–Kier alpha value is 1.28. The molecule has 6 heavy (non-hydrogen) atoms. The van der Waals surface area contributed by atoms with Crippen molar-refractivity contribution in [1.82, 2.24) is 0 Å². The molecular formula is H2Al2FMoO2. The van der Waals surface area contributed by atoms with E-state index in [9.17, 15) is 3.52 Å². The third-order valence-electron chi connectivity index (χ3n) is 0. The van der Waals surface area contributed by atoms with Crippen molar-refractivity contribution >= 4 is 33.0 Å². The maximum absolute atomic E-state index is 9.53. The fraction of sp³-hybridized carbons (Fsp3) is 0. The molecule has 0 N–H and O–H groups in total. The summed E-state index contributed by atoms with van der Waals surface area (Å²) in [5.74, 6) is 0. The molecule has 0 fully saturated rings. The van der Waals surface area contributed by atoms with Gasteiger partial charge in [0, 0.05) is 0 Å². The van der Waals surface area contributed by atoms with Gasteiger partial charge in [0.2, 0.25) is 0 Å². The van der Waals surface area contributed by atoms with E-state index in [1.807, 2.05) is 0 Å². The van der Waals surface area contributed by atoms with Crippen LogP contribution in [-0.4, -0.2) is 33.0 Å². The molecule has 0 aliphatic rings. The average molecular weight is 203 g/mol. The van der Waals surface area contributed by atoms with E-state index in [1.165, 1.54) is 0 Å². The first-order valence-electron chi connectivity index (χ1n) is 0.723. The van der Waals surface area contributed by atoms with Gasteiger partial charge in [0.15, 0.2) is 0 Å². The quantitative estimate of drug-likeness (QED) is 0.467. The van der Waals surface area contributed by atoms with Gasteiger partial charge in [0.1, 0.15) is 0 Å². The summed E-state index contributed by atoms with van der Waals surface area (Å²) in [6, 6.07) is 0. The summed E-state index contributed by atoms with van der Waals surface area (Å²) in [6.45, 7) is 0. The first-order chi connectivity index (χ1) is 3.00. The minimum absolute atomic E-state index is 0.361. The Labute approximate surface area is 63.2 Å². The van der Waals surface area contributed by atoms with Gasteiger partial charge in [-0.2, -0.15) is 0 Å². The second kappa shape index (κ2) is 107. The molecule has 2 nitrogen and oxygen atoms in total. The van der Waals surface area contributed by atoms with Crippen molar-refractivity contribution < 1.29 is 30.5 Å². The van der Waals surface area contributed by atoms with Gasteiger partial charge in [-0.1, -0.05) is 0 Å². The first-order valence-corrected chi connectivity index (χ1v) is 2.65. The molecule has 6 heteroatoms. The molecule has 0 heterocycles. The molecule has 0 atom stereocenters. The molecule has 0 aromatic carbocycles. The number of hydrogen-bond donors (Lipinski definition) is 0. The first kappa shape index (κ1) is 15.7. The summed E-state index contributed by atoms with van der Waals surface area (Å²) in [5.41, 5.74) is 0. The predicted octanol–water partition coefficient (Wildman–Crippen LogP) is -1.12. The molecule has 0 aromatic heterocycles. The molecule has 33 valence electrons. The molecule has 0 spiro atoms. The van der Waals surface area contributed by atoms with Crippen LogP contribution in [0.3, 0.4) is 0 Å². The average Bonchev–Trinajstić information content (AvgIpc) is 1.81. The predicted molar refractivity (Wildman–Crippen MR) is 16.8 cm³/mol. The normalized spacial score (nSPS) is 2.00. The molecule has 0 saturated heterocycles. The van der Waals surface area contributed by atoms with Crippen LogP contribution in [0.4, 0.5) is 3.52 Å². The van der Waals surface area contributed by atoms with E-state index >= 15 is 0 Å². The van der Waals surface area contributed by atoms with Crippen molar-refractivity contribution in [3.63, 3.8) is 0 Å². The number of rotatable bonds is 0. The Bertz CT molecular complexity index is 13.5. The van der Waals surface area contributed by atoms with Crippen molar-refractivity contribution in [2.45, 2.75) is 0 Å². The van der Waals surface area contributed by atoms with Gasteiger partial charge in [0.25, 0.3) is 0 Å². The second-order valence-corrected chi connectivity index (χ2v) is 0. The van der Waals surface area contributed by atoms with Crippen molar-refractivity contribution in [2.24, 2.45) is 0 Å². The van der Waals surface area contributed by atoms with E-state index in [0.29, 0.717) is 52.8 Å². The van der Waals surface area contributed by atoms with Gasteiger partial charge < -0.3 is 3.52 Å². The van der Waals surface area contributed by atoms with Crippen molar-refractivity contribution in [3.05, 3.63) is 0 Å². The minimum atomic E-state index is 0.361. The van der Waals surface area contributed by atoms with Crippen LogP contribution in [0.5, 0.6) is 0 Å². The van der Waals surface area contributed by atoms with Crippen LogP contribution in [0.2, 0.25) is 0 Å². The van der Waals surface area contributed by atoms with Crippen LogP contribution in [0, 0.1) is 0 Å². The molecule has 0 amide bonds. The fourth-order valence-electron chi connectivity index (χ4n) is 0. The van der Waals surface area contributed by atoms with E-state index in [2.05, 4.69) is 0 Å². The molecule has 1 radical (unpaired) electrons. The van der Waals surface area contributed by atoms with Crippen LogP contribution in [0.25, 0.3) is 0 Å². The topological polar surface area (TPSA) is 34.1 Å². The zero-order chi connectivity index (χ0) is 6.00. The summed E-state index contributed by atoms with van der Waals surface area (Å²) in [4.78, 5) is 0. The van der Waals surface area contributed by atoms with Crippen molar-refractivity contribution in [3.8, 4) is 0 Å². The molecular weight excluding hydrogens is 201 g/mol. The van der Waals surface area contributed by atoms with Gasteiger partial charge >= 0.3 is 60.0 Å². The van der Waals surface area contributed by atoms with Crippen LogP contribution in [-0.2, 0) is 27.0 Å². The van der Waals surface area contributed by atoms with E-state index in [1.54, 1.807) is 0 Å². The Morgan fingerprint density at radius 3 is 1.17 bits per heavy atom. The van der Waals surface area contributed by atoms with E-state index in [-0.39, 0.29) is 0 Å². The Balaban J connectivity index is -0.0000000225. The van der Waals surface area contributed by atoms with Crippen LogP contribution in [0.1, 0.15) is 0 Å². The summed E-state index contributed by atoms with van der Waals surface area (Å²) < 4.78 is 26.1. The Morgan fingerprint density at radius 2 is 1.17 bits per heavy atom. The third kappa shape index (κ3) is 58.9. The van der Waals surface area contributed by atoms with E-state index in [0.717, 1.165) is 0 Å². The molecule has 0 unspecified atom stereocenters. The summed E-state index contributed by atoms with van der Waals surface area (Å²) in [5, 5.41) is 0. The van der Waals surface area contributed by atoms with Gasteiger partial charge in [-0.15, -0.1) is 0 Å². The molecule has 0 aromatic rings. The van der Waals surface area contributed by atoms with Crippen molar-refractivity contribution in [2.75, 3.05) is 0 Å². The van der Waals surface area contributed by atoms with E-state index in [4.69, 9.17) is 7.20 Å². The molecule has 0 aliphatic heterocycles. The van der Waals surface area contributed by atoms with Gasteiger partial charge in [-0.25, -0.2) is 0 Å². The Kier molecular flexibility index (Phi) is 278. The molecule has 0 saturated carbocycles. The van der Waals surface area contributed by atoms with Crippen molar-refractivity contribution in [1.29, 1.82) is 0 Å². The van der Waals surface area contributed by atoms with Crippen LogP contribution >= 0.6 is 0 Å². The summed E-state index contributed by atoms with van der Waals surface area (Å²) >= 11 is 1.67. The number of hydrogen-bond acceptors (Lipinski definition) is 2. The standard InChI is InChI=1S/2Al.FH.Mo.2O.2H/h;;1H;;;;;/q;+1;;;;;;/p-1. The van der Waals surface area contributed by atoms with Gasteiger partial charge in [0.05, 0.1) is 0 Å². The van der Waals surface area contributed by atoms with Gasteiger partial charge in [-0.3, -0.25) is 0 Å². The zero-order valence-electron chi connectivity index (χ0n) is 3.02. The molecule has 0 rings (SSSR count). The molecule has 0 aliphatic carbocycles. The maximum atomic E-state index is 9.53. The second-order valence-electron chi connectivity index (χ2n) is 0. The zero-order valence-corrected chi connectivity index (χ0v) is 7.85. The van der Waals surface area contributed by atoms with Crippen LogP contribution < -0.4 is 0 Å². The molecule has 0 bridgehead atoms. The van der Waals surface area contributed by atoms with Gasteiger partial charge in [-0.05, 0) is 0 Å². The Morgan fingerprint density at radius 1 is 1.17 bits per heavy atom. The third-order valence-corrected chi connectivity index (χ3v) is 0. The SMILES string of the molecule is [F][AlH].[O]=[AlH].[O]=[Mo]. The van der Waals surface area contributed by atoms with E-state index < -0.39 is 0 Å². The van der Waals surface area contributed by atoms with Crippen LogP contribution in [0.15, 0.2) is 0 Å². The monoisotopic (exact) mass is 205 g/mol. The summed E-state index contributed by atoms with van der Waals surface area (Å²) in [6.07, 6.45) is 0. The fourth-order valence-corrected chi connectivity index (χ4v) is 0.